The lowest BCUT2D eigenvalue weighted by Gasteiger charge is -2.13. The third-order valence-corrected chi connectivity index (χ3v) is 4.52. The van der Waals surface area contributed by atoms with Gasteiger partial charge in [0.1, 0.15) is 5.82 Å². The number of nitrogens with zero attached hydrogens (tertiary/aromatic N) is 1. The van der Waals surface area contributed by atoms with Crippen LogP contribution in [0.3, 0.4) is 0 Å². The Labute approximate surface area is 144 Å². The Kier molecular flexibility index (Phi) is 3.39. The fraction of sp³-hybridized carbons (Fsp3) is 0.105. The first-order valence-electron chi connectivity index (χ1n) is 7.91. The molecule has 4 N–H and O–H groups in total. The van der Waals surface area contributed by atoms with E-state index < -0.39 is 5.91 Å². The summed E-state index contributed by atoms with van der Waals surface area (Å²) < 4.78 is 0. The zero-order chi connectivity index (χ0) is 17.6. The normalized spacial score (nSPS) is 12.8. The second-order valence-corrected chi connectivity index (χ2v) is 6.03. The van der Waals surface area contributed by atoms with Crippen molar-refractivity contribution >= 4 is 11.8 Å². The molecule has 3 aromatic rings. The summed E-state index contributed by atoms with van der Waals surface area (Å²) in [6, 6.07) is 9.25. The second-order valence-electron chi connectivity index (χ2n) is 6.03. The minimum Gasteiger partial charge on any atom is -0.366 e. The zero-order valence-corrected chi connectivity index (χ0v) is 13.6. The Bertz CT molecular complexity index is 1010. The topological polar surface area (TPSA) is 101 Å². The van der Waals surface area contributed by atoms with Crippen LogP contribution in [0.25, 0.3) is 22.5 Å². The van der Waals surface area contributed by atoms with E-state index in [0.717, 1.165) is 27.8 Å². The number of H-pyrrole nitrogens is 1. The van der Waals surface area contributed by atoms with Gasteiger partial charge in [-0.05, 0) is 47.4 Å². The van der Waals surface area contributed by atoms with Crippen molar-refractivity contribution in [2.24, 2.45) is 5.73 Å². The van der Waals surface area contributed by atoms with Gasteiger partial charge in [-0.25, -0.2) is 4.98 Å². The quantitative estimate of drug-likeness (QED) is 0.686. The van der Waals surface area contributed by atoms with Gasteiger partial charge in [-0.1, -0.05) is 12.1 Å². The number of hydrogen-bond acceptors (Lipinski definition) is 3. The van der Waals surface area contributed by atoms with Crippen LogP contribution in [0.15, 0.2) is 42.7 Å². The standard InChI is InChI=1S/C19H16N4O2/c1-10-8-11(17(20)24)2-3-12(10)13-4-5-14(18-21-6-7-22-18)16-15(13)9-23-19(16)25/h2-8H,9H2,1H3,(H2,20,24)(H,21,22)(H,23,25). The highest BCUT2D eigenvalue weighted by molar-refractivity contribution is 6.06. The molecule has 2 heterocycles. The molecule has 0 aliphatic carbocycles. The maximum Gasteiger partial charge on any atom is 0.252 e. The molecule has 0 atom stereocenters. The van der Waals surface area contributed by atoms with E-state index in [4.69, 9.17) is 5.73 Å². The monoisotopic (exact) mass is 332 g/mol. The fourth-order valence-electron chi connectivity index (χ4n) is 3.33. The van der Waals surface area contributed by atoms with E-state index in [2.05, 4.69) is 15.3 Å². The second kappa shape index (κ2) is 5.59. The average Bonchev–Trinajstić information content (AvgIpc) is 3.25. The molecule has 0 bridgehead atoms. The molecule has 6 nitrogen and oxygen atoms in total. The summed E-state index contributed by atoms with van der Waals surface area (Å²) in [5, 5.41) is 2.89. The van der Waals surface area contributed by atoms with Gasteiger partial charge < -0.3 is 16.0 Å². The number of amides is 2. The molecule has 0 saturated carbocycles. The Morgan fingerprint density at radius 1 is 1.16 bits per heavy atom. The Morgan fingerprint density at radius 2 is 1.92 bits per heavy atom. The molecule has 6 heteroatoms. The molecular formula is C19H16N4O2. The molecule has 1 aliphatic heterocycles. The summed E-state index contributed by atoms with van der Waals surface area (Å²) in [7, 11) is 0. The number of rotatable bonds is 3. The van der Waals surface area contributed by atoms with Crippen LogP contribution in [0.5, 0.6) is 0 Å². The van der Waals surface area contributed by atoms with Crippen LogP contribution in [0, 0.1) is 6.92 Å². The molecule has 124 valence electrons. The van der Waals surface area contributed by atoms with Crippen LogP contribution >= 0.6 is 0 Å². The third kappa shape index (κ3) is 2.39. The van der Waals surface area contributed by atoms with E-state index in [-0.39, 0.29) is 5.91 Å². The van der Waals surface area contributed by atoms with Crippen molar-refractivity contribution in [2.45, 2.75) is 13.5 Å². The predicted molar refractivity (Wildman–Crippen MR) is 93.9 cm³/mol. The molecule has 0 spiro atoms. The van der Waals surface area contributed by atoms with Gasteiger partial charge in [-0.2, -0.15) is 0 Å². The summed E-state index contributed by atoms with van der Waals surface area (Å²) >= 11 is 0. The van der Waals surface area contributed by atoms with Gasteiger partial charge in [0.15, 0.2) is 0 Å². The number of primary amides is 1. The molecule has 2 aromatic carbocycles. The summed E-state index contributed by atoms with van der Waals surface area (Å²) in [5.41, 5.74) is 11.1. The van der Waals surface area contributed by atoms with Crippen LogP contribution in [-0.4, -0.2) is 21.8 Å². The lowest BCUT2D eigenvalue weighted by atomic mass is 9.90. The number of aromatic amines is 1. The Balaban J connectivity index is 1.91. The average molecular weight is 332 g/mol. The lowest BCUT2D eigenvalue weighted by Crippen LogP contribution is -2.13. The Morgan fingerprint density at radius 3 is 2.60 bits per heavy atom. The first-order valence-corrected chi connectivity index (χ1v) is 7.91. The molecule has 0 fully saturated rings. The molecule has 0 radical (unpaired) electrons. The number of nitrogens with one attached hydrogen (secondary N) is 2. The molecule has 0 unspecified atom stereocenters. The number of nitrogens with two attached hydrogens (primary N) is 1. The first-order chi connectivity index (χ1) is 12.1. The Hall–Kier alpha value is -3.41. The smallest absolute Gasteiger partial charge is 0.252 e. The van der Waals surface area contributed by atoms with Crippen LogP contribution in [0.4, 0.5) is 0 Å². The summed E-state index contributed by atoms with van der Waals surface area (Å²) in [6.45, 7) is 2.40. The van der Waals surface area contributed by atoms with Gasteiger partial charge in [0.25, 0.3) is 5.91 Å². The number of carbonyl (C=O) groups is 2. The summed E-state index contributed by atoms with van der Waals surface area (Å²) in [6.07, 6.45) is 3.39. The van der Waals surface area contributed by atoms with Gasteiger partial charge in [0.2, 0.25) is 5.91 Å². The minimum absolute atomic E-state index is 0.102. The van der Waals surface area contributed by atoms with Gasteiger partial charge in [0.05, 0.1) is 5.56 Å². The van der Waals surface area contributed by atoms with Crippen molar-refractivity contribution in [3.05, 3.63) is 65.0 Å². The molecule has 25 heavy (non-hydrogen) atoms. The summed E-state index contributed by atoms with van der Waals surface area (Å²) in [4.78, 5) is 31.1. The largest absolute Gasteiger partial charge is 0.366 e. The number of carbonyl (C=O) groups excluding carboxylic acids is 2. The first kappa shape index (κ1) is 15.1. The van der Waals surface area contributed by atoms with Crippen molar-refractivity contribution in [1.82, 2.24) is 15.3 Å². The summed E-state index contributed by atoms with van der Waals surface area (Å²) in [5.74, 6) is 0.111. The van der Waals surface area contributed by atoms with E-state index >= 15 is 0 Å². The van der Waals surface area contributed by atoms with Gasteiger partial charge in [-0.3, -0.25) is 9.59 Å². The van der Waals surface area contributed by atoms with Crippen LogP contribution in [-0.2, 0) is 6.54 Å². The molecule has 1 aromatic heterocycles. The number of aryl methyl sites for hydroxylation is 1. The van der Waals surface area contributed by atoms with Crippen molar-refractivity contribution in [3.8, 4) is 22.5 Å². The lowest BCUT2D eigenvalue weighted by molar-refractivity contribution is 0.0964. The van der Waals surface area contributed by atoms with E-state index in [9.17, 15) is 9.59 Å². The van der Waals surface area contributed by atoms with Crippen LogP contribution in [0.1, 0.15) is 31.8 Å². The molecule has 0 saturated heterocycles. The van der Waals surface area contributed by atoms with Crippen LogP contribution in [0.2, 0.25) is 0 Å². The minimum atomic E-state index is -0.454. The zero-order valence-electron chi connectivity index (χ0n) is 13.6. The molecule has 1 aliphatic rings. The number of aromatic nitrogens is 2. The van der Waals surface area contributed by atoms with Crippen molar-refractivity contribution in [2.75, 3.05) is 0 Å². The highest BCUT2D eigenvalue weighted by atomic mass is 16.2. The SMILES string of the molecule is Cc1cc(C(N)=O)ccc1-c1ccc(-c2ncc[nH]2)c2c1CNC2=O. The fourth-order valence-corrected chi connectivity index (χ4v) is 3.33. The van der Waals surface area contributed by atoms with Crippen LogP contribution < -0.4 is 11.1 Å². The predicted octanol–water partition coefficient (Wildman–Crippen LogP) is 2.39. The van der Waals surface area contributed by atoms with Crippen molar-refractivity contribution in [1.29, 1.82) is 0 Å². The van der Waals surface area contributed by atoms with E-state index in [0.29, 0.717) is 23.5 Å². The third-order valence-electron chi connectivity index (χ3n) is 4.52. The highest BCUT2D eigenvalue weighted by Gasteiger charge is 2.27. The van der Waals surface area contributed by atoms with E-state index in [1.165, 1.54) is 0 Å². The van der Waals surface area contributed by atoms with Crippen molar-refractivity contribution < 1.29 is 9.59 Å². The van der Waals surface area contributed by atoms with Gasteiger partial charge >= 0.3 is 0 Å². The molecule has 4 rings (SSSR count). The van der Waals surface area contributed by atoms with E-state index in [1.807, 2.05) is 25.1 Å². The maximum atomic E-state index is 12.4. The van der Waals surface area contributed by atoms with Gasteiger partial charge in [-0.15, -0.1) is 0 Å². The highest BCUT2D eigenvalue weighted by Crippen LogP contribution is 2.36. The van der Waals surface area contributed by atoms with E-state index in [1.54, 1.807) is 24.5 Å². The number of imidazole rings is 1. The van der Waals surface area contributed by atoms with Crippen molar-refractivity contribution in [3.63, 3.8) is 0 Å². The molecule has 2 amide bonds. The number of fused-ring (bicyclic) bond motifs is 1. The maximum absolute atomic E-state index is 12.4. The number of hydrogen-bond donors (Lipinski definition) is 3. The van der Waals surface area contributed by atoms with Gasteiger partial charge in [0, 0.05) is 30.1 Å². The molecular weight excluding hydrogens is 316 g/mol. The number of benzene rings is 2.